The third kappa shape index (κ3) is 4.23. The van der Waals surface area contributed by atoms with Crippen LogP contribution in [0.15, 0.2) is 36.0 Å². The fourth-order valence-electron chi connectivity index (χ4n) is 3.21. The molecule has 0 spiro atoms. The van der Waals surface area contributed by atoms with Gasteiger partial charge in [-0.25, -0.2) is 4.98 Å². The highest BCUT2D eigenvalue weighted by Crippen LogP contribution is 2.23. The fraction of sp³-hybridized carbons (Fsp3) is 0.368. The van der Waals surface area contributed by atoms with E-state index in [-0.39, 0.29) is 5.91 Å². The van der Waals surface area contributed by atoms with Crippen molar-refractivity contribution in [2.75, 3.05) is 18.4 Å². The standard InChI is InChI=1S/C19H22N6OS/c1-13-5-8-25(9-6-13)11-14-12-27-19(22-14)23-18(26)15-10-21-24-17(15)16-4-2-3-7-20-16/h2-4,7,10,12-13H,5-6,8-9,11H2,1H3,(H,21,24)(H,22,23,26). The largest absolute Gasteiger partial charge is 0.298 e. The van der Waals surface area contributed by atoms with Crippen LogP contribution in [0.4, 0.5) is 5.13 Å². The van der Waals surface area contributed by atoms with Crippen molar-refractivity contribution in [1.82, 2.24) is 25.1 Å². The summed E-state index contributed by atoms with van der Waals surface area (Å²) in [4.78, 5) is 23.9. The lowest BCUT2D eigenvalue weighted by Crippen LogP contribution is -2.32. The Morgan fingerprint density at radius 1 is 1.37 bits per heavy atom. The first kappa shape index (κ1) is 17.8. The molecule has 1 fully saturated rings. The topological polar surface area (TPSA) is 86.8 Å². The Bertz CT molecular complexity index is 898. The lowest BCUT2D eigenvalue weighted by molar-refractivity contribution is 0.102. The number of thiazole rings is 1. The zero-order valence-corrected chi connectivity index (χ0v) is 16.0. The summed E-state index contributed by atoms with van der Waals surface area (Å²) >= 11 is 1.45. The molecule has 0 atom stereocenters. The Morgan fingerprint density at radius 2 is 2.22 bits per heavy atom. The Morgan fingerprint density at radius 3 is 3.00 bits per heavy atom. The van der Waals surface area contributed by atoms with Crippen LogP contribution in [0, 0.1) is 5.92 Å². The van der Waals surface area contributed by atoms with E-state index < -0.39 is 0 Å². The van der Waals surface area contributed by atoms with Gasteiger partial charge < -0.3 is 0 Å². The van der Waals surface area contributed by atoms with Crippen molar-refractivity contribution in [2.24, 2.45) is 5.92 Å². The van der Waals surface area contributed by atoms with Gasteiger partial charge in [-0.3, -0.25) is 25.1 Å². The molecule has 0 saturated carbocycles. The average Bonchev–Trinajstić information content (AvgIpc) is 3.34. The number of anilines is 1. The van der Waals surface area contributed by atoms with Crippen LogP contribution >= 0.6 is 11.3 Å². The summed E-state index contributed by atoms with van der Waals surface area (Å²) in [5.41, 5.74) is 2.74. The zero-order valence-electron chi connectivity index (χ0n) is 15.2. The fourth-order valence-corrected chi connectivity index (χ4v) is 3.91. The van der Waals surface area contributed by atoms with Crippen LogP contribution in [0.25, 0.3) is 11.4 Å². The third-order valence-electron chi connectivity index (χ3n) is 4.84. The first-order valence-electron chi connectivity index (χ1n) is 9.12. The Labute approximate surface area is 161 Å². The zero-order chi connectivity index (χ0) is 18.6. The molecule has 0 radical (unpaired) electrons. The summed E-state index contributed by atoms with van der Waals surface area (Å²) in [6.45, 7) is 5.37. The number of carbonyl (C=O) groups excluding carboxylic acids is 1. The second kappa shape index (κ2) is 7.98. The van der Waals surface area contributed by atoms with E-state index in [0.717, 1.165) is 31.2 Å². The van der Waals surface area contributed by atoms with Crippen molar-refractivity contribution in [1.29, 1.82) is 0 Å². The smallest absolute Gasteiger partial charge is 0.261 e. The highest BCUT2D eigenvalue weighted by Gasteiger charge is 2.19. The number of rotatable bonds is 5. The van der Waals surface area contributed by atoms with Gasteiger partial charge in [-0.2, -0.15) is 5.10 Å². The van der Waals surface area contributed by atoms with E-state index in [0.29, 0.717) is 22.1 Å². The van der Waals surface area contributed by atoms with Gasteiger partial charge in [0, 0.05) is 18.1 Å². The molecule has 4 rings (SSSR count). The van der Waals surface area contributed by atoms with Gasteiger partial charge in [0.25, 0.3) is 5.91 Å². The SMILES string of the molecule is CC1CCN(Cc2csc(NC(=O)c3cn[nH]c3-c3ccccn3)n2)CC1. The highest BCUT2D eigenvalue weighted by atomic mass is 32.1. The summed E-state index contributed by atoms with van der Waals surface area (Å²) in [5, 5.41) is 12.4. The predicted molar refractivity (Wildman–Crippen MR) is 106 cm³/mol. The minimum absolute atomic E-state index is 0.239. The van der Waals surface area contributed by atoms with Crippen LogP contribution in [0.1, 0.15) is 35.8 Å². The van der Waals surface area contributed by atoms with Crippen molar-refractivity contribution >= 4 is 22.4 Å². The number of amides is 1. The molecular formula is C19H22N6OS. The minimum Gasteiger partial charge on any atom is -0.298 e. The molecule has 3 aromatic heterocycles. The number of nitrogens with zero attached hydrogens (tertiary/aromatic N) is 4. The maximum absolute atomic E-state index is 12.7. The van der Waals surface area contributed by atoms with Gasteiger partial charge in [-0.15, -0.1) is 11.3 Å². The maximum atomic E-state index is 12.7. The molecule has 140 valence electrons. The molecule has 8 heteroatoms. The number of nitrogens with one attached hydrogen (secondary N) is 2. The molecular weight excluding hydrogens is 360 g/mol. The number of aromatic amines is 1. The van der Waals surface area contributed by atoms with Crippen LogP contribution in [0.3, 0.4) is 0 Å². The molecule has 1 aliphatic rings. The quantitative estimate of drug-likeness (QED) is 0.706. The number of piperidine rings is 1. The average molecular weight is 382 g/mol. The number of aromatic nitrogens is 4. The monoisotopic (exact) mass is 382 g/mol. The maximum Gasteiger partial charge on any atom is 0.261 e. The van der Waals surface area contributed by atoms with Gasteiger partial charge >= 0.3 is 0 Å². The molecule has 27 heavy (non-hydrogen) atoms. The van der Waals surface area contributed by atoms with Crippen LogP contribution in [0.5, 0.6) is 0 Å². The summed E-state index contributed by atoms with van der Waals surface area (Å²) in [6.07, 6.45) is 5.68. The number of hydrogen-bond acceptors (Lipinski definition) is 6. The van der Waals surface area contributed by atoms with E-state index in [9.17, 15) is 4.79 Å². The van der Waals surface area contributed by atoms with Crippen LogP contribution in [-0.4, -0.2) is 44.1 Å². The summed E-state index contributed by atoms with van der Waals surface area (Å²) in [7, 11) is 0. The van der Waals surface area contributed by atoms with Crippen LogP contribution < -0.4 is 5.32 Å². The molecule has 1 saturated heterocycles. The first-order chi connectivity index (χ1) is 13.2. The van der Waals surface area contributed by atoms with Gasteiger partial charge in [0.2, 0.25) is 0 Å². The Kier molecular flexibility index (Phi) is 5.26. The first-order valence-corrected chi connectivity index (χ1v) is 10.00. The number of carbonyl (C=O) groups is 1. The van der Waals surface area contributed by atoms with Gasteiger partial charge in [0.05, 0.1) is 28.8 Å². The summed E-state index contributed by atoms with van der Waals surface area (Å²) < 4.78 is 0. The molecule has 0 aliphatic carbocycles. The van der Waals surface area contributed by atoms with Gasteiger partial charge in [-0.05, 0) is 44.0 Å². The van der Waals surface area contributed by atoms with E-state index in [2.05, 4.69) is 37.3 Å². The molecule has 0 unspecified atom stereocenters. The molecule has 2 N–H and O–H groups in total. The summed E-state index contributed by atoms with van der Waals surface area (Å²) in [6, 6.07) is 5.55. The Balaban J connectivity index is 1.41. The summed E-state index contributed by atoms with van der Waals surface area (Å²) in [5.74, 6) is 0.576. The van der Waals surface area contributed by atoms with Crippen molar-refractivity contribution in [3.63, 3.8) is 0 Å². The molecule has 0 bridgehead atoms. The normalized spacial score (nSPS) is 15.7. The molecule has 0 aromatic carbocycles. The van der Waals surface area contributed by atoms with Crippen LogP contribution in [-0.2, 0) is 6.54 Å². The van der Waals surface area contributed by atoms with Gasteiger partial charge in [-0.1, -0.05) is 13.0 Å². The van der Waals surface area contributed by atoms with Gasteiger partial charge in [0.15, 0.2) is 5.13 Å². The van der Waals surface area contributed by atoms with Crippen molar-refractivity contribution in [3.05, 3.63) is 47.2 Å². The predicted octanol–water partition coefficient (Wildman–Crippen LogP) is 3.41. The van der Waals surface area contributed by atoms with Gasteiger partial charge in [0.1, 0.15) is 0 Å². The number of likely N-dealkylation sites (tertiary alicyclic amines) is 1. The number of hydrogen-bond donors (Lipinski definition) is 2. The van der Waals surface area contributed by atoms with E-state index in [1.54, 1.807) is 6.20 Å². The van der Waals surface area contributed by atoms with Crippen molar-refractivity contribution in [3.8, 4) is 11.4 Å². The molecule has 1 aliphatic heterocycles. The highest BCUT2D eigenvalue weighted by molar-refractivity contribution is 7.14. The molecule has 1 amide bonds. The van der Waals surface area contributed by atoms with Crippen LogP contribution in [0.2, 0.25) is 0 Å². The van der Waals surface area contributed by atoms with E-state index in [1.807, 2.05) is 23.6 Å². The number of pyridine rings is 1. The van der Waals surface area contributed by atoms with E-state index in [4.69, 9.17) is 0 Å². The lowest BCUT2D eigenvalue weighted by atomic mass is 9.99. The second-order valence-electron chi connectivity index (χ2n) is 6.93. The van der Waals surface area contributed by atoms with E-state index >= 15 is 0 Å². The number of H-pyrrole nitrogens is 1. The minimum atomic E-state index is -0.239. The lowest BCUT2D eigenvalue weighted by Gasteiger charge is -2.29. The molecule has 7 nitrogen and oxygen atoms in total. The second-order valence-corrected chi connectivity index (χ2v) is 7.79. The molecule has 4 heterocycles. The van der Waals surface area contributed by atoms with Crippen molar-refractivity contribution in [2.45, 2.75) is 26.3 Å². The third-order valence-corrected chi connectivity index (χ3v) is 5.65. The Hall–Kier alpha value is -2.58. The van der Waals surface area contributed by atoms with E-state index in [1.165, 1.54) is 30.4 Å². The molecule has 3 aromatic rings. The van der Waals surface area contributed by atoms with Crippen molar-refractivity contribution < 1.29 is 4.79 Å².